The van der Waals surface area contributed by atoms with Crippen LogP contribution in [0.15, 0.2) is 6.33 Å². The third kappa shape index (κ3) is 4.16. The first kappa shape index (κ1) is 13.7. The topological polar surface area (TPSA) is 65.5 Å². The summed E-state index contributed by atoms with van der Waals surface area (Å²) in [6.45, 7) is 4.71. The van der Waals surface area contributed by atoms with Crippen molar-refractivity contribution in [1.82, 2.24) is 15.3 Å². The SMILES string of the molecule is CCOCCNCc1c(OC)ncnc1OC. The van der Waals surface area contributed by atoms with E-state index in [1.807, 2.05) is 6.92 Å². The monoisotopic (exact) mass is 241 g/mol. The van der Waals surface area contributed by atoms with Gasteiger partial charge < -0.3 is 19.5 Å². The van der Waals surface area contributed by atoms with Gasteiger partial charge in [-0.3, -0.25) is 0 Å². The quantitative estimate of drug-likeness (QED) is 0.673. The van der Waals surface area contributed by atoms with Crippen molar-refractivity contribution in [3.05, 3.63) is 11.9 Å². The van der Waals surface area contributed by atoms with Crippen molar-refractivity contribution in [2.24, 2.45) is 0 Å². The Morgan fingerprint density at radius 3 is 2.35 bits per heavy atom. The number of hydrogen-bond donors (Lipinski definition) is 1. The lowest BCUT2D eigenvalue weighted by Crippen LogP contribution is -2.20. The van der Waals surface area contributed by atoms with E-state index in [1.165, 1.54) is 6.33 Å². The van der Waals surface area contributed by atoms with Crippen LogP contribution in [0.25, 0.3) is 0 Å². The summed E-state index contributed by atoms with van der Waals surface area (Å²) in [6.07, 6.45) is 1.42. The highest BCUT2D eigenvalue weighted by atomic mass is 16.5. The van der Waals surface area contributed by atoms with E-state index < -0.39 is 0 Å². The molecule has 0 fully saturated rings. The zero-order valence-corrected chi connectivity index (χ0v) is 10.5. The van der Waals surface area contributed by atoms with Gasteiger partial charge in [-0.2, -0.15) is 0 Å². The molecule has 0 bridgehead atoms. The molecule has 6 nitrogen and oxygen atoms in total. The molecule has 0 amide bonds. The molecule has 0 saturated carbocycles. The number of nitrogens with one attached hydrogen (secondary N) is 1. The third-order valence-corrected chi connectivity index (χ3v) is 2.18. The predicted molar refractivity (Wildman–Crippen MR) is 63.3 cm³/mol. The molecule has 0 saturated heterocycles. The smallest absolute Gasteiger partial charge is 0.224 e. The summed E-state index contributed by atoms with van der Waals surface area (Å²) < 4.78 is 15.6. The van der Waals surface area contributed by atoms with Crippen LogP contribution in [0.4, 0.5) is 0 Å². The Hall–Kier alpha value is -1.40. The highest BCUT2D eigenvalue weighted by Crippen LogP contribution is 2.22. The Kier molecular flexibility index (Phi) is 6.27. The van der Waals surface area contributed by atoms with Gasteiger partial charge in [0, 0.05) is 19.7 Å². The Bertz CT molecular complexity index is 311. The van der Waals surface area contributed by atoms with E-state index in [9.17, 15) is 0 Å². The maximum atomic E-state index is 5.23. The largest absolute Gasteiger partial charge is 0.481 e. The van der Waals surface area contributed by atoms with Crippen LogP contribution < -0.4 is 14.8 Å². The number of methoxy groups -OCH3 is 2. The molecule has 96 valence electrons. The Morgan fingerprint density at radius 1 is 1.18 bits per heavy atom. The molecule has 0 aromatic carbocycles. The van der Waals surface area contributed by atoms with Crippen LogP contribution >= 0.6 is 0 Å². The third-order valence-electron chi connectivity index (χ3n) is 2.18. The minimum absolute atomic E-state index is 0.528. The van der Waals surface area contributed by atoms with E-state index in [1.54, 1.807) is 14.2 Å². The second kappa shape index (κ2) is 7.81. The summed E-state index contributed by atoms with van der Waals surface area (Å²) >= 11 is 0. The van der Waals surface area contributed by atoms with Crippen LogP contribution in [-0.2, 0) is 11.3 Å². The van der Waals surface area contributed by atoms with E-state index in [2.05, 4.69) is 15.3 Å². The van der Waals surface area contributed by atoms with E-state index in [-0.39, 0.29) is 0 Å². The first-order chi connectivity index (χ1) is 8.33. The number of ether oxygens (including phenoxy) is 3. The molecule has 0 spiro atoms. The first-order valence-electron chi connectivity index (χ1n) is 5.53. The Balaban J connectivity index is 2.55. The van der Waals surface area contributed by atoms with E-state index in [0.717, 1.165) is 18.7 Å². The van der Waals surface area contributed by atoms with Crippen LogP contribution in [0.2, 0.25) is 0 Å². The summed E-state index contributed by atoms with van der Waals surface area (Å²) in [6, 6.07) is 0. The highest BCUT2D eigenvalue weighted by molar-refractivity contribution is 5.34. The van der Waals surface area contributed by atoms with Crippen LogP contribution in [0.1, 0.15) is 12.5 Å². The lowest BCUT2D eigenvalue weighted by molar-refractivity contribution is 0.149. The molecule has 17 heavy (non-hydrogen) atoms. The van der Waals surface area contributed by atoms with E-state index in [0.29, 0.717) is 24.9 Å². The highest BCUT2D eigenvalue weighted by Gasteiger charge is 2.11. The molecular weight excluding hydrogens is 222 g/mol. The summed E-state index contributed by atoms with van der Waals surface area (Å²) in [5, 5.41) is 3.22. The number of rotatable bonds is 8. The molecular formula is C11H19N3O3. The zero-order chi connectivity index (χ0) is 12.5. The first-order valence-corrected chi connectivity index (χ1v) is 5.53. The molecule has 1 aromatic rings. The molecule has 1 aromatic heterocycles. The predicted octanol–water partition coefficient (Wildman–Crippen LogP) is 0.620. The summed E-state index contributed by atoms with van der Waals surface area (Å²) in [5.41, 5.74) is 0.814. The minimum Gasteiger partial charge on any atom is -0.481 e. The Labute approximate surface area is 101 Å². The molecule has 1 rings (SSSR count). The van der Waals surface area contributed by atoms with Gasteiger partial charge in [-0.1, -0.05) is 0 Å². The van der Waals surface area contributed by atoms with Crippen molar-refractivity contribution < 1.29 is 14.2 Å². The van der Waals surface area contributed by atoms with Crippen molar-refractivity contribution >= 4 is 0 Å². The normalized spacial score (nSPS) is 10.3. The van der Waals surface area contributed by atoms with Gasteiger partial charge in [-0.15, -0.1) is 0 Å². The lowest BCUT2D eigenvalue weighted by atomic mass is 10.3. The average Bonchev–Trinajstić information content (AvgIpc) is 2.38. The van der Waals surface area contributed by atoms with E-state index in [4.69, 9.17) is 14.2 Å². The maximum Gasteiger partial charge on any atom is 0.224 e. The van der Waals surface area contributed by atoms with Crippen molar-refractivity contribution in [1.29, 1.82) is 0 Å². The fourth-order valence-electron chi connectivity index (χ4n) is 1.39. The van der Waals surface area contributed by atoms with Gasteiger partial charge in [0.25, 0.3) is 0 Å². The fraction of sp³-hybridized carbons (Fsp3) is 0.636. The van der Waals surface area contributed by atoms with Gasteiger partial charge in [-0.05, 0) is 6.92 Å². The molecule has 0 atom stereocenters. The molecule has 0 aliphatic heterocycles. The standard InChI is InChI=1S/C11H19N3O3/c1-4-17-6-5-12-7-9-10(15-2)13-8-14-11(9)16-3/h8,12H,4-7H2,1-3H3. The lowest BCUT2D eigenvalue weighted by Gasteiger charge is -2.11. The van der Waals surface area contributed by atoms with Gasteiger partial charge in [-0.25, -0.2) is 9.97 Å². The Morgan fingerprint density at radius 2 is 1.82 bits per heavy atom. The number of nitrogens with zero attached hydrogens (tertiary/aromatic N) is 2. The molecule has 0 unspecified atom stereocenters. The van der Waals surface area contributed by atoms with Gasteiger partial charge >= 0.3 is 0 Å². The van der Waals surface area contributed by atoms with Gasteiger partial charge in [0.1, 0.15) is 6.33 Å². The van der Waals surface area contributed by atoms with Crippen molar-refractivity contribution in [3.8, 4) is 11.8 Å². The van der Waals surface area contributed by atoms with Gasteiger partial charge in [0.15, 0.2) is 0 Å². The molecule has 0 aliphatic carbocycles. The fourth-order valence-corrected chi connectivity index (χ4v) is 1.39. The van der Waals surface area contributed by atoms with Gasteiger partial charge in [0.2, 0.25) is 11.8 Å². The zero-order valence-electron chi connectivity index (χ0n) is 10.5. The molecule has 6 heteroatoms. The molecule has 0 aliphatic rings. The number of hydrogen-bond acceptors (Lipinski definition) is 6. The summed E-state index contributed by atoms with van der Waals surface area (Å²) in [4.78, 5) is 8.07. The average molecular weight is 241 g/mol. The second-order valence-electron chi connectivity index (χ2n) is 3.24. The van der Waals surface area contributed by atoms with Crippen molar-refractivity contribution in [2.75, 3.05) is 34.0 Å². The van der Waals surface area contributed by atoms with Crippen LogP contribution in [-0.4, -0.2) is 43.9 Å². The summed E-state index contributed by atoms with van der Waals surface area (Å²) in [7, 11) is 3.15. The van der Waals surface area contributed by atoms with Crippen molar-refractivity contribution in [3.63, 3.8) is 0 Å². The minimum atomic E-state index is 0.528. The number of aromatic nitrogens is 2. The second-order valence-corrected chi connectivity index (χ2v) is 3.24. The van der Waals surface area contributed by atoms with Crippen LogP contribution in [0.3, 0.4) is 0 Å². The summed E-state index contributed by atoms with van der Waals surface area (Å²) in [5.74, 6) is 1.06. The van der Waals surface area contributed by atoms with E-state index >= 15 is 0 Å². The maximum absolute atomic E-state index is 5.23. The van der Waals surface area contributed by atoms with Gasteiger partial charge in [0.05, 0.1) is 26.4 Å². The van der Waals surface area contributed by atoms with Crippen LogP contribution in [0.5, 0.6) is 11.8 Å². The van der Waals surface area contributed by atoms with Crippen molar-refractivity contribution in [2.45, 2.75) is 13.5 Å². The van der Waals surface area contributed by atoms with Crippen LogP contribution in [0, 0.1) is 0 Å². The molecule has 1 heterocycles. The molecule has 1 N–H and O–H groups in total. The molecule has 0 radical (unpaired) electrons.